The maximum atomic E-state index is 5.51. The number of nitrogen functional groups attached to an aromatic ring is 1. The van der Waals surface area contributed by atoms with Crippen molar-refractivity contribution in [1.82, 2.24) is 9.97 Å². The van der Waals surface area contributed by atoms with Gasteiger partial charge in [0.15, 0.2) is 0 Å². The van der Waals surface area contributed by atoms with Gasteiger partial charge in [-0.05, 0) is 12.8 Å². The Kier molecular flexibility index (Phi) is 3.40. The Balaban J connectivity index is 1.94. The molecule has 1 saturated heterocycles. The van der Waals surface area contributed by atoms with Gasteiger partial charge >= 0.3 is 0 Å². The number of hydrogen-bond acceptors (Lipinski definition) is 6. The van der Waals surface area contributed by atoms with Gasteiger partial charge in [-0.3, -0.25) is 0 Å². The Morgan fingerprint density at radius 1 is 1.50 bits per heavy atom. The van der Waals surface area contributed by atoms with Gasteiger partial charge in [0.2, 0.25) is 17.7 Å². The van der Waals surface area contributed by atoms with Crippen LogP contribution in [0.3, 0.4) is 0 Å². The number of nitrogens with two attached hydrogens (primary N) is 1. The molecule has 2 rings (SSSR count). The summed E-state index contributed by atoms with van der Waals surface area (Å²) in [4.78, 5) is 7.82. The van der Waals surface area contributed by atoms with Crippen LogP contribution in [0.15, 0.2) is 6.07 Å². The minimum Gasteiger partial charge on any atom is -0.481 e. The second-order valence-electron chi connectivity index (χ2n) is 3.55. The Bertz CT molecular complexity index is 353. The highest BCUT2D eigenvalue weighted by Crippen LogP contribution is 2.18. The summed E-state index contributed by atoms with van der Waals surface area (Å²) in [6, 6.07) is 1.60. The minimum absolute atomic E-state index is 0.140. The standard InChI is InChI=1S/C10H15N3O3/c1-14-8-5-9(13-10(11)12-8)16-6-7-3-2-4-15-7/h5,7H,2-4,6H2,1H3,(H2,11,12,13). The Labute approximate surface area is 93.7 Å². The van der Waals surface area contributed by atoms with Crippen molar-refractivity contribution in [2.24, 2.45) is 0 Å². The molecule has 1 aliphatic rings. The Morgan fingerprint density at radius 3 is 3.00 bits per heavy atom. The molecule has 88 valence electrons. The van der Waals surface area contributed by atoms with Crippen LogP contribution in [0.4, 0.5) is 5.95 Å². The summed E-state index contributed by atoms with van der Waals surface area (Å²) in [7, 11) is 1.52. The molecule has 0 saturated carbocycles. The lowest BCUT2D eigenvalue weighted by atomic mass is 10.2. The molecule has 1 aromatic rings. The quantitative estimate of drug-likeness (QED) is 0.809. The molecule has 1 aromatic heterocycles. The van der Waals surface area contributed by atoms with Crippen molar-refractivity contribution in [2.45, 2.75) is 18.9 Å². The van der Waals surface area contributed by atoms with Gasteiger partial charge in [0.05, 0.1) is 19.3 Å². The largest absolute Gasteiger partial charge is 0.481 e. The minimum atomic E-state index is 0.140. The van der Waals surface area contributed by atoms with Crippen molar-refractivity contribution < 1.29 is 14.2 Å². The molecule has 1 aliphatic heterocycles. The molecule has 0 amide bonds. The van der Waals surface area contributed by atoms with E-state index in [2.05, 4.69) is 9.97 Å². The molecule has 16 heavy (non-hydrogen) atoms. The number of anilines is 1. The summed E-state index contributed by atoms with van der Waals surface area (Å²) in [6.45, 7) is 1.29. The smallest absolute Gasteiger partial charge is 0.226 e. The third kappa shape index (κ3) is 2.73. The summed E-state index contributed by atoms with van der Waals surface area (Å²) in [6.07, 6.45) is 2.27. The summed E-state index contributed by atoms with van der Waals surface area (Å²) in [5.74, 6) is 0.955. The maximum Gasteiger partial charge on any atom is 0.226 e. The summed E-state index contributed by atoms with van der Waals surface area (Å²) < 4.78 is 15.9. The van der Waals surface area contributed by atoms with Crippen molar-refractivity contribution in [1.29, 1.82) is 0 Å². The maximum absolute atomic E-state index is 5.51. The first-order valence-electron chi connectivity index (χ1n) is 5.21. The number of nitrogens with zero attached hydrogens (tertiary/aromatic N) is 2. The van der Waals surface area contributed by atoms with Crippen molar-refractivity contribution >= 4 is 5.95 Å². The first-order chi connectivity index (χ1) is 7.78. The highest BCUT2D eigenvalue weighted by atomic mass is 16.5. The molecule has 0 bridgehead atoms. The van der Waals surface area contributed by atoms with Crippen LogP contribution in [-0.4, -0.2) is 36.4 Å². The zero-order chi connectivity index (χ0) is 11.4. The summed E-state index contributed by atoms with van der Waals surface area (Å²) >= 11 is 0. The van der Waals surface area contributed by atoms with E-state index >= 15 is 0 Å². The topological polar surface area (TPSA) is 79.5 Å². The first kappa shape index (κ1) is 10.9. The molecular weight excluding hydrogens is 210 g/mol. The SMILES string of the molecule is COc1cc(OCC2CCCO2)nc(N)n1. The van der Waals surface area contributed by atoms with Crippen LogP contribution in [0.1, 0.15) is 12.8 Å². The average molecular weight is 225 g/mol. The van der Waals surface area contributed by atoms with Gasteiger partial charge in [0.25, 0.3) is 0 Å². The van der Waals surface area contributed by atoms with E-state index in [-0.39, 0.29) is 12.1 Å². The van der Waals surface area contributed by atoms with E-state index in [4.69, 9.17) is 19.9 Å². The summed E-state index contributed by atoms with van der Waals surface area (Å²) in [5.41, 5.74) is 5.51. The van der Waals surface area contributed by atoms with E-state index in [1.54, 1.807) is 6.07 Å². The van der Waals surface area contributed by atoms with E-state index in [0.29, 0.717) is 18.4 Å². The zero-order valence-corrected chi connectivity index (χ0v) is 9.18. The van der Waals surface area contributed by atoms with Crippen LogP contribution >= 0.6 is 0 Å². The van der Waals surface area contributed by atoms with Crippen LogP contribution < -0.4 is 15.2 Å². The highest BCUT2D eigenvalue weighted by molar-refractivity contribution is 5.29. The third-order valence-corrected chi connectivity index (χ3v) is 2.35. The second kappa shape index (κ2) is 4.98. The van der Waals surface area contributed by atoms with Crippen molar-refractivity contribution in [3.63, 3.8) is 0 Å². The molecule has 1 unspecified atom stereocenters. The molecule has 2 heterocycles. The fraction of sp³-hybridized carbons (Fsp3) is 0.600. The monoisotopic (exact) mass is 225 g/mol. The van der Waals surface area contributed by atoms with Crippen LogP contribution in [-0.2, 0) is 4.74 Å². The number of methoxy groups -OCH3 is 1. The second-order valence-corrected chi connectivity index (χ2v) is 3.55. The van der Waals surface area contributed by atoms with E-state index in [9.17, 15) is 0 Å². The number of aromatic nitrogens is 2. The molecule has 6 nitrogen and oxygen atoms in total. The molecule has 6 heteroatoms. The van der Waals surface area contributed by atoms with Gasteiger partial charge in [-0.1, -0.05) is 0 Å². The van der Waals surface area contributed by atoms with Gasteiger partial charge in [-0.25, -0.2) is 0 Å². The van der Waals surface area contributed by atoms with Crippen LogP contribution in [0.5, 0.6) is 11.8 Å². The van der Waals surface area contributed by atoms with Crippen LogP contribution in [0, 0.1) is 0 Å². The normalized spacial score (nSPS) is 19.7. The van der Waals surface area contributed by atoms with Gasteiger partial charge in [0.1, 0.15) is 6.61 Å². The molecule has 0 aliphatic carbocycles. The number of rotatable bonds is 4. The lowest BCUT2D eigenvalue weighted by molar-refractivity contribution is 0.0662. The van der Waals surface area contributed by atoms with E-state index in [1.807, 2.05) is 0 Å². The van der Waals surface area contributed by atoms with E-state index in [1.165, 1.54) is 7.11 Å². The molecule has 2 N–H and O–H groups in total. The molecule has 0 aromatic carbocycles. The lowest BCUT2D eigenvalue weighted by Gasteiger charge is -2.11. The van der Waals surface area contributed by atoms with E-state index in [0.717, 1.165) is 19.4 Å². The average Bonchev–Trinajstić information content (AvgIpc) is 2.78. The fourth-order valence-electron chi connectivity index (χ4n) is 1.55. The number of ether oxygens (including phenoxy) is 3. The van der Waals surface area contributed by atoms with Gasteiger partial charge in [-0.2, -0.15) is 9.97 Å². The van der Waals surface area contributed by atoms with Crippen molar-refractivity contribution in [3.8, 4) is 11.8 Å². The molecule has 1 fully saturated rings. The van der Waals surface area contributed by atoms with Gasteiger partial charge < -0.3 is 19.9 Å². The predicted octanol–water partition coefficient (Wildman–Crippen LogP) is 0.625. The Morgan fingerprint density at radius 2 is 2.31 bits per heavy atom. The fourth-order valence-corrected chi connectivity index (χ4v) is 1.55. The Hall–Kier alpha value is -1.56. The molecule has 0 radical (unpaired) electrons. The van der Waals surface area contributed by atoms with Gasteiger partial charge in [-0.15, -0.1) is 0 Å². The molecule has 1 atom stereocenters. The van der Waals surface area contributed by atoms with Crippen molar-refractivity contribution in [3.05, 3.63) is 6.07 Å². The molecular formula is C10H15N3O3. The lowest BCUT2D eigenvalue weighted by Crippen LogP contribution is -2.17. The summed E-state index contributed by atoms with van der Waals surface area (Å²) in [5, 5.41) is 0. The van der Waals surface area contributed by atoms with Crippen molar-refractivity contribution in [2.75, 3.05) is 26.1 Å². The van der Waals surface area contributed by atoms with Crippen LogP contribution in [0.25, 0.3) is 0 Å². The van der Waals surface area contributed by atoms with E-state index < -0.39 is 0 Å². The van der Waals surface area contributed by atoms with Crippen LogP contribution in [0.2, 0.25) is 0 Å². The first-order valence-corrected chi connectivity index (χ1v) is 5.21. The predicted molar refractivity (Wildman–Crippen MR) is 57.5 cm³/mol. The third-order valence-electron chi connectivity index (χ3n) is 2.35. The molecule has 0 spiro atoms. The zero-order valence-electron chi connectivity index (χ0n) is 9.18. The van der Waals surface area contributed by atoms with Gasteiger partial charge in [0, 0.05) is 6.61 Å². The number of hydrogen-bond donors (Lipinski definition) is 1. The highest BCUT2D eigenvalue weighted by Gasteiger charge is 2.16.